The summed E-state index contributed by atoms with van der Waals surface area (Å²) in [6.07, 6.45) is 0. The summed E-state index contributed by atoms with van der Waals surface area (Å²) in [5.74, 6) is 3.73. The molecule has 1 aliphatic rings. The molecule has 1 fully saturated rings. The molecule has 4 rings (SSSR count). The molecule has 5 heteroatoms. The van der Waals surface area contributed by atoms with E-state index in [9.17, 15) is 0 Å². The lowest BCUT2D eigenvalue weighted by Crippen LogP contribution is -2.38. The van der Waals surface area contributed by atoms with E-state index in [1.807, 2.05) is 90.6 Å². The zero-order valence-corrected chi connectivity index (χ0v) is 17.1. The number of amidine groups is 1. The van der Waals surface area contributed by atoms with Gasteiger partial charge in [0.2, 0.25) is 5.96 Å². The fourth-order valence-electron chi connectivity index (χ4n) is 3.07. The SMILES string of the molecule is c1ccc(/N=C(/N=C(/Nc2ccccc2)c2ccccc2)N2CCSCC2)cc1. The van der Waals surface area contributed by atoms with Crippen molar-refractivity contribution in [2.75, 3.05) is 29.9 Å². The molecule has 1 heterocycles. The Hall–Kier alpha value is -3.05. The minimum absolute atomic E-state index is 0.749. The fourth-order valence-corrected chi connectivity index (χ4v) is 3.97. The summed E-state index contributed by atoms with van der Waals surface area (Å²) in [4.78, 5) is 12.2. The maximum Gasteiger partial charge on any atom is 0.227 e. The van der Waals surface area contributed by atoms with Crippen LogP contribution in [0, 0.1) is 0 Å². The van der Waals surface area contributed by atoms with Crippen LogP contribution >= 0.6 is 11.8 Å². The molecule has 0 spiro atoms. The number of nitrogens with one attached hydrogen (secondary N) is 1. The lowest BCUT2D eigenvalue weighted by atomic mass is 10.2. The molecular formula is C24H24N4S. The molecule has 1 N–H and O–H groups in total. The van der Waals surface area contributed by atoms with Crippen LogP contribution in [0.25, 0.3) is 0 Å². The Labute approximate surface area is 176 Å². The summed E-state index contributed by atoms with van der Waals surface area (Å²) in [5.41, 5.74) is 2.95. The highest BCUT2D eigenvalue weighted by molar-refractivity contribution is 7.99. The van der Waals surface area contributed by atoms with Gasteiger partial charge in [0.1, 0.15) is 5.84 Å². The fraction of sp³-hybridized carbons (Fsp3) is 0.167. The summed E-state index contributed by atoms with van der Waals surface area (Å²) in [5, 5.41) is 3.49. The molecule has 0 atom stereocenters. The Kier molecular flexibility index (Phi) is 6.60. The molecule has 0 amide bonds. The van der Waals surface area contributed by atoms with E-state index in [-0.39, 0.29) is 0 Å². The van der Waals surface area contributed by atoms with E-state index in [1.165, 1.54) is 0 Å². The number of benzene rings is 3. The zero-order chi connectivity index (χ0) is 19.7. The van der Waals surface area contributed by atoms with Gasteiger partial charge >= 0.3 is 0 Å². The molecule has 0 aromatic heterocycles. The molecule has 0 bridgehead atoms. The van der Waals surface area contributed by atoms with Crippen LogP contribution in [0.2, 0.25) is 0 Å². The molecule has 4 nitrogen and oxygen atoms in total. The number of aliphatic imine (C=N–C) groups is 2. The first-order chi connectivity index (χ1) is 14.4. The number of para-hydroxylation sites is 2. The molecule has 0 saturated carbocycles. The lowest BCUT2D eigenvalue weighted by molar-refractivity contribution is 0.458. The minimum Gasteiger partial charge on any atom is -0.340 e. The summed E-state index contributed by atoms with van der Waals surface area (Å²) in [7, 11) is 0. The average molecular weight is 401 g/mol. The van der Waals surface area contributed by atoms with Gasteiger partial charge < -0.3 is 10.2 Å². The second-order valence-corrected chi connectivity index (χ2v) is 7.89. The van der Waals surface area contributed by atoms with Gasteiger partial charge in [-0.3, -0.25) is 0 Å². The van der Waals surface area contributed by atoms with E-state index in [1.54, 1.807) is 0 Å². The summed E-state index contributed by atoms with van der Waals surface area (Å²) in [6, 6.07) is 30.4. The van der Waals surface area contributed by atoms with Gasteiger partial charge in [-0.1, -0.05) is 66.7 Å². The van der Waals surface area contributed by atoms with E-state index >= 15 is 0 Å². The highest BCUT2D eigenvalue weighted by Gasteiger charge is 2.16. The number of guanidine groups is 1. The number of rotatable bonds is 3. The van der Waals surface area contributed by atoms with Crippen LogP contribution in [-0.2, 0) is 0 Å². The van der Waals surface area contributed by atoms with Crippen molar-refractivity contribution in [1.82, 2.24) is 4.90 Å². The zero-order valence-electron chi connectivity index (χ0n) is 16.2. The van der Waals surface area contributed by atoms with Gasteiger partial charge in [-0.2, -0.15) is 16.8 Å². The molecule has 3 aromatic rings. The quantitative estimate of drug-likeness (QED) is 0.480. The van der Waals surface area contributed by atoms with Crippen LogP contribution in [0.4, 0.5) is 11.4 Å². The largest absolute Gasteiger partial charge is 0.340 e. The topological polar surface area (TPSA) is 40.0 Å². The van der Waals surface area contributed by atoms with E-state index in [0.29, 0.717) is 0 Å². The molecule has 3 aromatic carbocycles. The monoisotopic (exact) mass is 400 g/mol. The van der Waals surface area contributed by atoms with Crippen molar-refractivity contribution in [2.45, 2.75) is 0 Å². The van der Waals surface area contributed by atoms with E-state index < -0.39 is 0 Å². The number of hydrogen-bond donors (Lipinski definition) is 1. The summed E-state index contributed by atoms with van der Waals surface area (Å²) >= 11 is 1.98. The number of anilines is 1. The van der Waals surface area contributed by atoms with E-state index in [4.69, 9.17) is 9.98 Å². The second kappa shape index (κ2) is 9.94. The number of nitrogens with zero attached hydrogens (tertiary/aromatic N) is 3. The molecule has 0 radical (unpaired) electrons. The lowest BCUT2D eigenvalue weighted by Gasteiger charge is -2.27. The summed E-state index contributed by atoms with van der Waals surface area (Å²) in [6.45, 7) is 1.90. The van der Waals surface area contributed by atoms with Crippen molar-refractivity contribution in [1.29, 1.82) is 0 Å². The first kappa shape index (κ1) is 19.3. The molecular weight excluding hydrogens is 376 g/mol. The van der Waals surface area contributed by atoms with Crippen molar-refractivity contribution in [2.24, 2.45) is 9.98 Å². The third-order valence-corrected chi connectivity index (χ3v) is 5.52. The number of hydrogen-bond acceptors (Lipinski definition) is 2. The predicted octanol–water partition coefficient (Wildman–Crippen LogP) is 5.28. The maximum absolute atomic E-state index is 5.03. The third kappa shape index (κ3) is 5.48. The van der Waals surface area contributed by atoms with Crippen LogP contribution in [0.3, 0.4) is 0 Å². The Morgan fingerprint density at radius 1 is 0.759 bits per heavy atom. The van der Waals surface area contributed by atoms with E-state index in [2.05, 4.69) is 22.3 Å². The van der Waals surface area contributed by atoms with E-state index in [0.717, 1.165) is 53.3 Å². The van der Waals surface area contributed by atoms with Crippen LogP contribution in [0.5, 0.6) is 0 Å². The molecule has 29 heavy (non-hydrogen) atoms. The van der Waals surface area contributed by atoms with Crippen LogP contribution < -0.4 is 5.32 Å². The Bertz CT molecular complexity index is 950. The highest BCUT2D eigenvalue weighted by Crippen LogP contribution is 2.17. The smallest absolute Gasteiger partial charge is 0.227 e. The van der Waals surface area contributed by atoms with Crippen molar-refractivity contribution in [3.8, 4) is 0 Å². The normalized spacial score (nSPS) is 15.2. The van der Waals surface area contributed by atoms with Crippen LogP contribution in [0.15, 0.2) is 101 Å². The maximum atomic E-state index is 5.03. The van der Waals surface area contributed by atoms with Gasteiger partial charge in [0.05, 0.1) is 5.69 Å². The first-order valence-corrected chi connectivity index (χ1v) is 11.0. The molecule has 1 saturated heterocycles. The Morgan fingerprint density at radius 2 is 1.34 bits per heavy atom. The highest BCUT2D eigenvalue weighted by atomic mass is 32.2. The van der Waals surface area contributed by atoms with Gasteiger partial charge in [-0.05, 0) is 24.3 Å². The second-order valence-electron chi connectivity index (χ2n) is 6.66. The van der Waals surface area contributed by atoms with Gasteiger partial charge in [-0.15, -0.1) is 0 Å². The predicted molar refractivity (Wildman–Crippen MR) is 125 cm³/mol. The molecule has 0 aliphatic carbocycles. The Morgan fingerprint density at radius 3 is 2.00 bits per heavy atom. The van der Waals surface area contributed by atoms with Gasteiger partial charge in [-0.25, -0.2) is 4.99 Å². The Balaban J connectivity index is 1.75. The minimum atomic E-state index is 0.749. The average Bonchev–Trinajstić information content (AvgIpc) is 2.81. The summed E-state index contributed by atoms with van der Waals surface area (Å²) < 4.78 is 0. The van der Waals surface area contributed by atoms with Crippen LogP contribution in [-0.4, -0.2) is 41.3 Å². The van der Waals surface area contributed by atoms with Gasteiger partial charge in [0, 0.05) is 35.8 Å². The van der Waals surface area contributed by atoms with Gasteiger partial charge in [0.25, 0.3) is 0 Å². The number of thioether (sulfide) groups is 1. The molecule has 0 unspecified atom stereocenters. The van der Waals surface area contributed by atoms with Gasteiger partial charge in [0.15, 0.2) is 0 Å². The third-order valence-electron chi connectivity index (χ3n) is 4.57. The first-order valence-electron chi connectivity index (χ1n) is 9.81. The van der Waals surface area contributed by atoms with Crippen molar-refractivity contribution < 1.29 is 0 Å². The molecule has 1 aliphatic heterocycles. The van der Waals surface area contributed by atoms with Crippen LogP contribution in [0.1, 0.15) is 5.56 Å². The standard InChI is InChI=1S/C24H24N4S/c1-4-10-20(11-5-1)23(25-21-12-6-2-7-13-21)27-24(28-16-18-29-19-17-28)26-22-14-8-3-9-15-22/h1-15H,16-19H2,(H,25,26,27). The molecule has 146 valence electrons. The van der Waals surface area contributed by atoms with Crippen molar-refractivity contribution >= 4 is 34.9 Å². The van der Waals surface area contributed by atoms with Crippen molar-refractivity contribution in [3.05, 3.63) is 96.6 Å². The van der Waals surface area contributed by atoms with Crippen molar-refractivity contribution in [3.63, 3.8) is 0 Å².